The molecule has 0 saturated heterocycles. The number of carbonyl (C=O) groups excluding carboxylic acids is 2. The van der Waals surface area contributed by atoms with Crippen LogP contribution >= 0.6 is 0 Å². The molecule has 3 aromatic carbocycles. The van der Waals surface area contributed by atoms with Crippen LogP contribution in [-0.4, -0.2) is 11.8 Å². The van der Waals surface area contributed by atoms with Crippen molar-refractivity contribution < 1.29 is 9.59 Å². The lowest BCUT2D eigenvalue weighted by molar-refractivity contribution is -0.115. The molecule has 2 N–H and O–H groups in total. The molecule has 3 aromatic rings. The van der Waals surface area contributed by atoms with E-state index in [0.717, 1.165) is 16.5 Å². The maximum Gasteiger partial charge on any atom is 0.255 e. The van der Waals surface area contributed by atoms with Crippen molar-refractivity contribution in [1.82, 2.24) is 0 Å². The fourth-order valence-corrected chi connectivity index (χ4v) is 2.48. The second-order valence-electron chi connectivity index (χ2n) is 5.46. The van der Waals surface area contributed by atoms with Gasteiger partial charge >= 0.3 is 0 Å². The fraction of sp³-hybridized carbons (Fsp3) is 0.100. The molecule has 0 heterocycles. The number of carbonyl (C=O) groups is 2. The van der Waals surface area contributed by atoms with Crippen LogP contribution in [0.4, 0.5) is 11.4 Å². The predicted molar refractivity (Wildman–Crippen MR) is 97.3 cm³/mol. The Morgan fingerprint density at radius 1 is 0.833 bits per heavy atom. The van der Waals surface area contributed by atoms with Crippen LogP contribution in [-0.2, 0) is 4.79 Å². The summed E-state index contributed by atoms with van der Waals surface area (Å²) in [6.45, 7) is 1.79. The molecule has 0 aliphatic rings. The predicted octanol–water partition coefficient (Wildman–Crippen LogP) is 4.44. The number of anilines is 2. The molecule has 0 aromatic heterocycles. The Morgan fingerprint density at radius 3 is 2.29 bits per heavy atom. The Labute approximate surface area is 140 Å². The van der Waals surface area contributed by atoms with Gasteiger partial charge in [-0.2, -0.15) is 0 Å². The summed E-state index contributed by atoms with van der Waals surface area (Å²) in [5, 5.41) is 7.78. The summed E-state index contributed by atoms with van der Waals surface area (Å²) in [4.78, 5) is 23.8. The van der Waals surface area contributed by atoms with Crippen molar-refractivity contribution in [3.8, 4) is 0 Å². The van der Waals surface area contributed by atoms with Gasteiger partial charge in [-0.3, -0.25) is 9.59 Å². The van der Waals surface area contributed by atoms with E-state index in [9.17, 15) is 9.59 Å². The molecule has 4 heteroatoms. The van der Waals surface area contributed by atoms with Crippen molar-refractivity contribution in [2.45, 2.75) is 13.3 Å². The van der Waals surface area contributed by atoms with Gasteiger partial charge in [0.1, 0.15) is 0 Å². The van der Waals surface area contributed by atoms with Gasteiger partial charge in [-0.05, 0) is 35.7 Å². The zero-order chi connectivity index (χ0) is 16.9. The van der Waals surface area contributed by atoms with Crippen molar-refractivity contribution in [1.29, 1.82) is 0 Å². The number of hydrogen-bond acceptors (Lipinski definition) is 2. The van der Waals surface area contributed by atoms with Crippen LogP contribution in [0.3, 0.4) is 0 Å². The first-order valence-corrected chi connectivity index (χ1v) is 7.86. The first kappa shape index (κ1) is 15.7. The lowest BCUT2D eigenvalue weighted by Crippen LogP contribution is -2.13. The van der Waals surface area contributed by atoms with Gasteiger partial charge in [-0.1, -0.05) is 43.3 Å². The molecular weight excluding hydrogens is 300 g/mol. The minimum atomic E-state index is -0.181. The van der Waals surface area contributed by atoms with Crippen LogP contribution in [0.15, 0.2) is 66.7 Å². The van der Waals surface area contributed by atoms with Crippen molar-refractivity contribution in [2.75, 3.05) is 10.6 Å². The van der Waals surface area contributed by atoms with E-state index in [2.05, 4.69) is 10.6 Å². The first-order chi connectivity index (χ1) is 11.7. The lowest BCUT2D eigenvalue weighted by atomic mass is 10.1. The van der Waals surface area contributed by atoms with Crippen LogP contribution in [0.1, 0.15) is 23.7 Å². The quantitative estimate of drug-likeness (QED) is 0.747. The average Bonchev–Trinajstić information content (AvgIpc) is 2.62. The van der Waals surface area contributed by atoms with E-state index in [1.165, 1.54) is 0 Å². The Hall–Kier alpha value is -3.14. The molecule has 0 spiro atoms. The van der Waals surface area contributed by atoms with E-state index < -0.39 is 0 Å². The highest BCUT2D eigenvalue weighted by Gasteiger charge is 2.08. The monoisotopic (exact) mass is 318 g/mol. The number of hydrogen-bond donors (Lipinski definition) is 2. The normalized spacial score (nSPS) is 10.4. The van der Waals surface area contributed by atoms with Crippen molar-refractivity contribution >= 4 is 34.0 Å². The van der Waals surface area contributed by atoms with Gasteiger partial charge in [0.2, 0.25) is 5.91 Å². The molecule has 0 saturated carbocycles. The second-order valence-corrected chi connectivity index (χ2v) is 5.46. The zero-order valence-electron chi connectivity index (χ0n) is 13.4. The van der Waals surface area contributed by atoms with Gasteiger partial charge < -0.3 is 10.6 Å². The molecule has 24 heavy (non-hydrogen) atoms. The Balaban J connectivity index is 1.78. The lowest BCUT2D eigenvalue weighted by Gasteiger charge is -2.09. The molecular formula is C20H18N2O2. The maximum atomic E-state index is 12.4. The summed E-state index contributed by atoms with van der Waals surface area (Å²) in [5.41, 5.74) is 2.00. The molecule has 0 aliphatic carbocycles. The Bertz CT molecular complexity index is 880. The number of benzene rings is 3. The summed E-state index contributed by atoms with van der Waals surface area (Å²) in [7, 11) is 0. The van der Waals surface area contributed by atoms with Gasteiger partial charge in [0.15, 0.2) is 0 Å². The van der Waals surface area contributed by atoms with E-state index >= 15 is 0 Å². The number of rotatable bonds is 4. The standard InChI is InChI=1S/C20H18N2O2/c1-2-19(23)21-16-12-10-15(11-13-16)20(24)22-18-9-5-7-14-6-3-4-8-17(14)18/h3-13H,2H2,1H3,(H,21,23)(H,22,24). The van der Waals surface area contributed by atoms with Crippen LogP contribution in [0.2, 0.25) is 0 Å². The molecule has 0 aliphatic heterocycles. The Morgan fingerprint density at radius 2 is 1.54 bits per heavy atom. The first-order valence-electron chi connectivity index (χ1n) is 7.86. The van der Waals surface area contributed by atoms with E-state index in [0.29, 0.717) is 17.7 Å². The largest absolute Gasteiger partial charge is 0.326 e. The third-order valence-electron chi connectivity index (χ3n) is 3.79. The van der Waals surface area contributed by atoms with Crippen molar-refractivity contribution in [2.24, 2.45) is 0 Å². The topological polar surface area (TPSA) is 58.2 Å². The molecule has 0 atom stereocenters. The summed E-state index contributed by atoms with van der Waals surface area (Å²) in [5.74, 6) is -0.234. The smallest absolute Gasteiger partial charge is 0.255 e. The third kappa shape index (κ3) is 3.43. The maximum absolute atomic E-state index is 12.4. The fourth-order valence-electron chi connectivity index (χ4n) is 2.48. The van der Waals surface area contributed by atoms with Gasteiger partial charge in [0, 0.05) is 28.7 Å². The van der Waals surface area contributed by atoms with Crippen LogP contribution < -0.4 is 10.6 Å². The van der Waals surface area contributed by atoms with Gasteiger partial charge in [-0.15, -0.1) is 0 Å². The minimum absolute atomic E-state index is 0.0528. The highest BCUT2D eigenvalue weighted by Crippen LogP contribution is 2.23. The van der Waals surface area contributed by atoms with Crippen LogP contribution in [0.5, 0.6) is 0 Å². The van der Waals surface area contributed by atoms with E-state index in [-0.39, 0.29) is 11.8 Å². The van der Waals surface area contributed by atoms with Crippen LogP contribution in [0, 0.1) is 0 Å². The third-order valence-corrected chi connectivity index (χ3v) is 3.79. The van der Waals surface area contributed by atoms with Crippen molar-refractivity contribution in [3.63, 3.8) is 0 Å². The average molecular weight is 318 g/mol. The molecule has 0 unspecified atom stereocenters. The summed E-state index contributed by atoms with van der Waals surface area (Å²) in [6, 6.07) is 20.6. The number of nitrogens with one attached hydrogen (secondary N) is 2. The van der Waals surface area contributed by atoms with E-state index in [1.807, 2.05) is 42.5 Å². The summed E-state index contributed by atoms with van der Waals surface area (Å²) >= 11 is 0. The molecule has 0 bridgehead atoms. The van der Waals surface area contributed by atoms with E-state index in [1.54, 1.807) is 31.2 Å². The second kappa shape index (κ2) is 6.96. The summed E-state index contributed by atoms with van der Waals surface area (Å²) in [6.07, 6.45) is 0.420. The van der Waals surface area contributed by atoms with E-state index in [4.69, 9.17) is 0 Å². The van der Waals surface area contributed by atoms with Gasteiger partial charge in [0.05, 0.1) is 0 Å². The summed E-state index contributed by atoms with van der Waals surface area (Å²) < 4.78 is 0. The molecule has 120 valence electrons. The SMILES string of the molecule is CCC(=O)Nc1ccc(C(=O)Nc2cccc3ccccc23)cc1. The number of amides is 2. The Kier molecular flexibility index (Phi) is 4.57. The molecule has 3 rings (SSSR count). The van der Waals surface area contributed by atoms with Gasteiger partial charge in [-0.25, -0.2) is 0 Å². The molecule has 0 fully saturated rings. The molecule has 4 nitrogen and oxygen atoms in total. The molecule has 0 radical (unpaired) electrons. The van der Waals surface area contributed by atoms with Crippen molar-refractivity contribution in [3.05, 3.63) is 72.3 Å². The van der Waals surface area contributed by atoms with Gasteiger partial charge in [0.25, 0.3) is 5.91 Å². The highest BCUT2D eigenvalue weighted by molar-refractivity contribution is 6.09. The highest BCUT2D eigenvalue weighted by atomic mass is 16.2. The number of fused-ring (bicyclic) bond motifs is 1. The molecule has 2 amide bonds. The minimum Gasteiger partial charge on any atom is -0.326 e. The van der Waals surface area contributed by atoms with Crippen LogP contribution in [0.25, 0.3) is 10.8 Å². The zero-order valence-corrected chi connectivity index (χ0v) is 13.4.